The summed E-state index contributed by atoms with van der Waals surface area (Å²) in [5.74, 6) is 1.45. The molecule has 1 aromatic carbocycles. The molecule has 2 atom stereocenters. The lowest BCUT2D eigenvalue weighted by atomic mass is 10.0. The summed E-state index contributed by atoms with van der Waals surface area (Å²) in [6.07, 6.45) is 2.70. The van der Waals surface area contributed by atoms with Crippen LogP contribution in [0.2, 0.25) is 0 Å². The monoisotopic (exact) mass is 224 g/mol. The molecule has 0 aromatic heterocycles. The summed E-state index contributed by atoms with van der Waals surface area (Å²) < 4.78 is 0. The van der Waals surface area contributed by atoms with E-state index in [4.69, 9.17) is 0 Å². The molecule has 0 spiro atoms. The number of hydrogen-bond donors (Lipinski definition) is 2. The van der Waals surface area contributed by atoms with Gasteiger partial charge in [0.2, 0.25) is 0 Å². The van der Waals surface area contributed by atoms with Gasteiger partial charge in [-0.2, -0.15) is 11.8 Å². The minimum absolute atomic E-state index is 0.277. The molecule has 0 radical (unpaired) electrons. The van der Waals surface area contributed by atoms with Crippen molar-refractivity contribution >= 4 is 11.8 Å². The molecule has 1 saturated heterocycles. The zero-order valence-corrected chi connectivity index (χ0v) is 9.41. The average Bonchev–Trinajstić information content (AvgIpc) is 2.70. The van der Waals surface area contributed by atoms with E-state index in [9.17, 15) is 10.2 Å². The molecular formula is C12H16O2S. The van der Waals surface area contributed by atoms with Crippen molar-refractivity contribution in [3.63, 3.8) is 0 Å². The Morgan fingerprint density at radius 2 is 2.33 bits per heavy atom. The molecule has 2 unspecified atom stereocenters. The Hall–Kier alpha value is -0.670. The molecular weight excluding hydrogens is 208 g/mol. The maximum Gasteiger partial charge on any atom is 0.115 e. The van der Waals surface area contributed by atoms with Crippen molar-refractivity contribution in [2.24, 2.45) is 0 Å². The van der Waals surface area contributed by atoms with E-state index in [1.54, 1.807) is 12.1 Å². The zero-order chi connectivity index (χ0) is 10.7. The van der Waals surface area contributed by atoms with Crippen LogP contribution in [0, 0.1) is 0 Å². The lowest BCUT2D eigenvalue weighted by molar-refractivity contribution is 0.170. The molecule has 1 aromatic rings. The molecule has 2 nitrogen and oxygen atoms in total. The Morgan fingerprint density at radius 1 is 1.47 bits per heavy atom. The molecule has 3 heteroatoms. The second-order valence-corrected chi connectivity index (χ2v) is 5.34. The zero-order valence-electron chi connectivity index (χ0n) is 8.60. The number of thioether (sulfide) groups is 1. The predicted octanol–water partition coefficient (Wildman–Crippen LogP) is 2.19. The van der Waals surface area contributed by atoms with Gasteiger partial charge in [-0.25, -0.2) is 0 Å². The third kappa shape index (κ3) is 2.89. The molecule has 1 aliphatic heterocycles. The molecule has 1 heterocycles. The van der Waals surface area contributed by atoms with Crippen molar-refractivity contribution in [3.05, 3.63) is 29.8 Å². The van der Waals surface area contributed by atoms with E-state index < -0.39 is 0 Å². The highest BCUT2D eigenvalue weighted by Gasteiger charge is 2.23. The number of aromatic hydroxyl groups is 1. The van der Waals surface area contributed by atoms with Gasteiger partial charge in [0.15, 0.2) is 0 Å². The van der Waals surface area contributed by atoms with Crippen LogP contribution >= 0.6 is 11.8 Å². The predicted molar refractivity (Wildman–Crippen MR) is 63.3 cm³/mol. The second kappa shape index (κ2) is 4.90. The number of aliphatic hydroxyl groups excluding tert-OH is 1. The fourth-order valence-electron chi connectivity index (χ4n) is 1.96. The maximum atomic E-state index is 9.99. The molecule has 82 valence electrons. The Bertz CT molecular complexity index is 321. The molecule has 1 aliphatic rings. The summed E-state index contributed by atoms with van der Waals surface area (Å²) >= 11 is 1.86. The topological polar surface area (TPSA) is 40.5 Å². The van der Waals surface area contributed by atoms with Crippen molar-refractivity contribution in [1.29, 1.82) is 0 Å². The van der Waals surface area contributed by atoms with Crippen LogP contribution in [0.1, 0.15) is 18.4 Å². The first-order chi connectivity index (χ1) is 7.25. The Kier molecular flexibility index (Phi) is 3.54. The first kappa shape index (κ1) is 10.8. The molecule has 0 bridgehead atoms. The highest BCUT2D eigenvalue weighted by atomic mass is 32.2. The summed E-state index contributed by atoms with van der Waals surface area (Å²) in [4.78, 5) is 0. The van der Waals surface area contributed by atoms with E-state index in [-0.39, 0.29) is 11.9 Å². The highest BCUT2D eigenvalue weighted by molar-refractivity contribution is 8.00. The van der Waals surface area contributed by atoms with Crippen molar-refractivity contribution in [1.82, 2.24) is 0 Å². The molecule has 2 N–H and O–H groups in total. The minimum Gasteiger partial charge on any atom is -0.508 e. The van der Waals surface area contributed by atoms with Gasteiger partial charge in [-0.15, -0.1) is 0 Å². The smallest absolute Gasteiger partial charge is 0.115 e. The van der Waals surface area contributed by atoms with Gasteiger partial charge in [0.25, 0.3) is 0 Å². The van der Waals surface area contributed by atoms with Gasteiger partial charge in [-0.3, -0.25) is 0 Å². The van der Waals surface area contributed by atoms with E-state index in [1.807, 2.05) is 23.9 Å². The van der Waals surface area contributed by atoms with Gasteiger partial charge in [0.05, 0.1) is 6.10 Å². The van der Waals surface area contributed by atoms with Gasteiger partial charge in [0.1, 0.15) is 5.75 Å². The van der Waals surface area contributed by atoms with Crippen LogP contribution in [0.5, 0.6) is 5.75 Å². The fourth-order valence-corrected chi connectivity index (χ4v) is 3.25. The van der Waals surface area contributed by atoms with E-state index in [0.717, 1.165) is 12.0 Å². The van der Waals surface area contributed by atoms with Gasteiger partial charge in [-0.1, -0.05) is 12.1 Å². The fraction of sp³-hybridized carbons (Fsp3) is 0.500. The number of aliphatic hydroxyl groups is 1. The van der Waals surface area contributed by atoms with E-state index in [2.05, 4.69) is 0 Å². The second-order valence-electron chi connectivity index (χ2n) is 3.99. The summed E-state index contributed by atoms with van der Waals surface area (Å²) in [6, 6.07) is 7.14. The third-order valence-electron chi connectivity index (χ3n) is 2.75. The summed E-state index contributed by atoms with van der Waals surface area (Å²) in [7, 11) is 0. The standard InChI is InChI=1S/C12H16O2S/c13-10-4-1-3-9(7-10)8-11(14)12-5-2-6-15-12/h1,3-4,7,11-14H,2,5-6,8H2. The van der Waals surface area contributed by atoms with E-state index in [1.165, 1.54) is 12.2 Å². The van der Waals surface area contributed by atoms with Gasteiger partial charge in [-0.05, 0) is 42.7 Å². The van der Waals surface area contributed by atoms with Crippen molar-refractivity contribution < 1.29 is 10.2 Å². The number of hydrogen-bond acceptors (Lipinski definition) is 3. The number of rotatable bonds is 3. The minimum atomic E-state index is -0.278. The molecule has 1 fully saturated rings. The van der Waals surface area contributed by atoms with Crippen LogP contribution in [0.25, 0.3) is 0 Å². The van der Waals surface area contributed by atoms with Crippen molar-refractivity contribution in [2.75, 3.05) is 5.75 Å². The largest absolute Gasteiger partial charge is 0.508 e. The maximum absolute atomic E-state index is 9.99. The highest BCUT2D eigenvalue weighted by Crippen LogP contribution is 2.30. The number of phenols is 1. The van der Waals surface area contributed by atoms with Crippen LogP contribution in [-0.4, -0.2) is 27.3 Å². The Balaban J connectivity index is 1.95. The quantitative estimate of drug-likeness (QED) is 0.827. The summed E-state index contributed by atoms with van der Waals surface area (Å²) in [5.41, 5.74) is 1.01. The van der Waals surface area contributed by atoms with E-state index in [0.29, 0.717) is 11.7 Å². The molecule has 0 amide bonds. The molecule has 15 heavy (non-hydrogen) atoms. The van der Waals surface area contributed by atoms with Gasteiger partial charge in [0, 0.05) is 5.25 Å². The molecule has 0 saturated carbocycles. The van der Waals surface area contributed by atoms with Crippen LogP contribution in [-0.2, 0) is 6.42 Å². The molecule has 2 rings (SSSR count). The van der Waals surface area contributed by atoms with Crippen LogP contribution in [0.4, 0.5) is 0 Å². The molecule has 0 aliphatic carbocycles. The summed E-state index contributed by atoms with van der Waals surface area (Å²) in [6.45, 7) is 0. The lowest BCUT2D eigenvalue weighted by Crippen LogP contribution is -2.22. The third-order valence-corrected chi connectivity index (χ3v) is 4.25. The van der Waals surface area contributed by atoms with Crippen molar-refractivity contribution in [2.45, 2.75) is 30.6 Å². The van der Waals surface area contributed by atoms with Crippen molar-refractivity contribution in [3.8, 4) is 5.75 Å². The normalized spacial score (nSPS) is 22.9. The van der Waals surface area contributed by atoms with Crippen LogP contribution in [0.15, 0.2) is 24.3 Å². The Labute approximate surface area is 94.3 Å². The number of benzene rings is 1. The van der Waals surface area contributed by atoms with E-state index >= 15 is 0 Å². The average molecular weight is 224 g/mol. The SMILES string of the molecule is Oc1cccc(CC(O)C2CCCS2)c1. The Morgan fingerprint density at radius 3 is 3.00 bits per heavy atom. The summed E-state index contributed by atoms with van der Waals surface area (Å²) in [5, 5.41) is 19.7. The first-order valence-electron chi connectivity index (χ1n) is 5.33. The van der Waals surface area contributed by atoms with Crippen LogP contribution < -0.4 is 0 Å². The lowest BCUT2D eigenvalue weighted by Gasteiger charge is -2.16. The van der Waals surface area contributed by atoms with Gasteiger partial charge >= 0.3 is 0 Å². The number of phenolic OH excluding ortho intramolecular Hbond substituents is 1. The first-order valence-corrected chi connectivity index (χ1v) is 6.38. The van der Waals surface area contributed by atoms with Crippen LogP contribution in [0.3, 0.4) is 0 Å². The van der Waals surface area contributed by atoms with Gasteiger partial charge < -0.3 is 10.2 Å².